The third-order valence-electron chi connectivity index (χ3n) is 3.08. The summed E-state index contributed by atoms with van der Waals surface area (Å²) in [5, 5.41) is 1.30. The van der Waals surface area contributed by atoms with Gasteiger partial charge in [0, 0.05) is 30.1 Å². The smallest absolute Gasteiger partial charge is 0.0493 e. The number of hydrogen-bond donors (Lipinski definition) is 0. The molecular formula is C15H14N2. The summed E-state index contributed by atoms with van der Waals surface area (Å²) in [6, 6.07) is 14.8. The van der Waals surface area contributed by atoms with E-state index in [4.69, 9.17) is 0 Å². The number of hydrogen-bond acceptors (Lipinski definition) is 1. The Morgan fingerprint density at radius 2 is 2.00 bits per heavy atom. The van der Waals surface area contributed by atoms with Gasteiger partial charge in [0.25, 0.3) is 0 Å². The lowest BCUT2D eigenvalue weighted by atomic mass is 10.2. The van der Waals surface area contributed by atoms with Crippen LogP contribution >= 0.6 is 0 Å². The van der Waals surface area contributed by atoms with E-state index in [-0.39, 0.29) is 0 Å². The second-order valence-corrected chi connectivity index (χ2v) is 4.29. The molecule has 0 bridgehead atoms. The molecule has 0 aliphatic carbocycles. The van der Waals surface area contributed by atoms with Gasteiger partial charge in [0.05, 0.1) is 0 Å². The third kappa shape index (κ3) is 1.82. The maximum atomic E-state index is 4.16. The van der Waals surface area contributed by atoms with E-state index >= 15 is 0 Å². The molecule has 3 rings (SSSR count). The Morgan fingerprint density at radius 3 is 2.82 bits per heavy atom. The molecule has 0 atom stereocenters. The van der Waals surface area contributed by atoms with Gasteiger partial charge in [-0.25, -0.2) is 0 Å². The Labute approximate surface area is 101 Å². The molecule has 0 saturated carbocycles. The molecular weight excluding hydrogens is 208 g/mol. The van der Waals surface area contributed by atoms with E-state index in [0.29, 0.717) is 0 Å². The largest absolute Gasteiger partial charge is 0.340 e. The summed E-state index contributed by atoms with van der Waals surface area (Å²) >= 11 is 0. The van der Waals surface area contributed by atoms with Gasteiger partial charge in [-0.3, -0.25) is 4.98 Å². The van der Waals surface area contributed by atoms with Crippen LogP contribution in [0.1, 0.15) is 11.3 Å². The molecule has 3 aromatic rings. The van der Waals surface area contributed by atoms with E-state index in [9.17, 15) is 0 Å². The van der Waals surface area contributed by atoms with Gasteiger partial charge < -0.3 is 4.57 Å². The van der Waals surface area contributed by atoms with Crippen LogP contribution in [-0.4, -0.2) is 9.55 Å². The molecule has 1 aromatic carbocycles. The summed E-state index contributed by atoms with van der Waals surface area (Å²) in [4.78, 5) is 4.16. The second-order valence-electron chi connectivity index (χ2n) is 4.29. The molecule has 2 heteroatoms. The number of aryl methyl sites for hydroxylation is 1. The van der Waals surface area contributed by atoms with Gasteiger partial charge in [-0.2, -0.15) is 0 Å². The maximum absolute atomic E-state index is 4.16. The van der Waals surface area contributed by atoms with E-state index in [2.05, 4.69) is 52.9 Å². The summed E-state index contributed by atoms with van der Waals surface area (Å²) in [5.74, 6) is 0. The Bertz CT molecular complexity index is 638. The molecule has 0 aliphatic rings. The molecule has 2 aromatic heterocycles. The van der Waals surface area contributed by atoms with Gasteiger partial charge in [-0.15, -0.1) is 0 Å². The number of pyridine rings is 1. The fourth-order valence-electron chi connectivity index (χ4n) is 2.23. The highest BCUT2D eigenvalue weighted by Crippen LogP contribution is 2.20. The van der Waals surface area contributed by atoms with Crippen LogP contribution in [0.4, 0.5) is 0 Å². The first-order chi connectivity index (χ1) is 8.34. The highest BCUT2D eigenvalue weighted by Gasteiger charge is 2.05. The fraction of sp³-hybridized carbons (Fsp3) is 0.133. The van der Waals surface area contributed by atoms with E-state index in [1.807, 2.05) is 18.5 Å². The van der Waals surface area contributed by atoms with Crippen LogP contribution in [0.5, 0.6) is 0 Å². The van der Waals surface area contributed by atoms with Crippen LogP contribution < -0.4 is 0 Å². The van der Waals surface area contributed by atoms with Crippen molar-refractivity contribution < 1.29 is 0 Å². The summed E-state index contributed by atoms with van der Waals surface area (Å²) in [7, 11) is 0. The average molecular weight is 222 g/mol. The molecule has 84 valence electrons. The van der Waals surface area contributed by atoms with Gasteiger partial charge in [-0.05, 0) is 36.1 Å². The van der Waals surface area contributed by atoms with E-state index in [0.717, 1.165) is 6.54 Å². The minimum atomic E-state index is 0.882. The maximum Gasteiger partial charge on any atom is 0.0493 e. The molecule has 0 amide bonds. The van der Waals surface area contributed by atoms with E-state index < -0.39 is 0 Å². The number of benzene rings is 1. The van der Waals surface area contributed by atoms with Crippen molar-refractivity contribution in [1.82, 2.24) is 9.55 Å². The van der Waals surface area contributed by atoms with Crippen LogP contribution in [0.3, 0.4) is 0 Å². The molecule has 0 radical (unpaired) electrons. The first-order valence-electron chi connectivity index (χ1n) is 5.78. The van der Waals surface area contributed by atoms with Crippen molar-refractivity contribution in [3.05, 3.63) is 66.1 Å². The van der Waals surface area contributed by atoms with Crippen molar-refractivity contribution in [2.75, 3.05) is 0 Å². The second kappa shape index (κ2) is 4.06. The monoisotopic (exact) mass is 222 g/mol. The van der Waals surface area contributed by atoms with Crippen molar-refractivity contribution in [3.63, 3.8) is 0 Å². The molecule has 2 heterocycles. The SMILES string of the molecule is Cc1cc2ccccc2n1Cc1cccnc1. The van der Waals surface area contributed by atoms with Crippen LogP contribution in [-0.2, 0) is 6.54 Å². The zero-order valence-electron chi connectivity index (χ0n) is 9.80. The molecule has 0 aliphatic heterocycles. The van der Waals surface area contributed by atoms with Gasteiger partial charge in [0.15, 0.2) is 0 Å². The summed E-state index contributed by atoms with van der Waals surface area (Å²) in [5.41, 5.74) is 3.81. The number of rotatable bonds is 2. The molecule has 0 saturated heterocycles. The Kier molecular flexibility index (Phi) is 2.41. The predicted octanol–water partition coefficient (Wildman–Crippen LogP) is 3.39. The number of aromatic nitrogens is 2. The van der Waals surface area contributed by atoms with Crippen molar-refractivity contribution in [3.8, 4) is 0 Å². The highest BCUT2D eigenvalue weighted by atomic mass is 15.0. The summed E-state index contributed by atoms with van der Waals surface area (Å²) in [6.07, 6.45) is 3.73. The quantitative estimate of drug-likeness (QED) is 0.650. The fourth-order valence-corrected chi connectivity index (χ4v) is 2.23. The Balaban J connectivity index is 2.08. The van der Waals surface area contributed by atoms with Gasteiger partial charge >= 0.3 is 0 Å². The standard InChI is InChI=1S/C15H14N2/c1-12-9-14-6-2-3-7-15(14)17(12)11-13-5-4-8-16-10-13/h2-10H,11H2,1H3. The highest BCUT2D eigenvalue weighted by molar-refractivity contribution is 5.81. The predicted molar refractivity (Wildman–Crippen MR) is 70.0 cm³/mol. The van der Waals surface area contributed by atoms with E-state index in [1.54, 1.807) is 0 Å². The number of nitrogens with zero attached hydrogens (tertiary/aromatic N) is 2. The first kappa shape index (κ1) is 10.1. The minimum Gasteiger partial charge on any atom is -0.340 e. The third-order valence-corrected chi connectivity index (χ3v) is 3.08. The van der Waals surface area contributed by atoms with Crippen LogP contribution in [0.15, 0.2) is 54.9 Å². The van der Waals surface area contributed by atoms with Gasteiger partial charge in [0.1, 0.15) is 0 Å². The van der Waals surface area contributed by atoms with Crippen LogP contribution in [0, 0.1) is 6.92 Å². The zero-order valence-corrected chi connectivity index (χ0v) is 9.80. The van der Waals surface area contributed by atoms with Crippen LogP contribution in [0.25, 0.3) is 10.9 Å². The van der Waals surface area contributed by atoms with Gasteiger partial charge in [-0.1, -0.05) is 24.3 Å². The molecule has 0 N–H and O–H groups in total. The van der Waals surface area contributed by atoms with Crippen molar-refractivity contribution in [2.45, 2.75) is 13.5 Å². The van der Waals surface area contributed by atoms with Crippen molar-refractivity contribution in [1.29, 1.82) is 0 Å². The summed E-state index contributed by atoms with van der Waals surface area (Å²) in [6.45, 7) is 3.03. The molecule has 0 unspecified atom stereocenters. The number of fused-ring (bicyclic) bond motifs is 1. The van der Waals surface area contributed by atoms with Crippen molar-refractivity contribution in [2.24, 2.45) is 0 Å². The molecule has 0 spiro atoms. The normalized spacial score (nSPS) is 10.9. The Morgan fingerprint density at radius 1 is 1.12 bits per heavy atom. The first-order valence-corrected chi connectivity index (χ1v) is 5.78. The average Bonchev–Trinajstić information content (AvgIpc) is 2.68. The lowest BCUT2D eigenvalue weighted by Gasteiger charge is -2.07. The molecule has 0 fully saturated rings. The minimum absolute atomic E-state index is 0.882. The van der Waals surface area contributed by atoms with E-state index in [1.165, 1.54) is 22.2 Å². The molecule has 17 heavy (non-hydrogen) atoms. The lowest BCUT2D eigenvalue weighted by Crippen LogP contribution is -2.01. The Hall–Kier alpha value is -2.09. The van der Waals surface area contributed by atoms with Crippen molar-refractivity contribution >= 4 is 10.9 Å². The van der Waals surface area contributed by atoms with Crippen LogP contribution in [0.2, 0.25) is 0 Å². The number of para-hydroxylation sites is 1. The van der Waals surface area contributed by atoms with Gasteiger partial charge in [0.2, 0.25) is 0 Å². The zero-order chi connectivity index (χ0) is 11.7. The lowest BCUT2D eigenvalue weighted by molar-refractivity contribution is 0.801. The topological polar surface area (TPSA) is 17.8 Å². The summed E-state index contributed by atoms with van der Waals surface area (Å²) < 4.78 is 2.33. The molecule has 2 nitrogen and oxygen atoms in total.